The molecular formula is C22H30N2O3. The molecule has 0 aliphatic carbocycles. The first-order chi connectivity index (χ1) is 13.2. The van der Waals surface area contributed by atoms with Crippen molar-refractivity contribution in [3.63, 3.8) is 0 Å². The van der Waals surface area contributed by atoms with Gasteiger partial charge in [0.05, 0.1) is 6.61 Å². The van der Waals surface area contributed by atoms with E-state index in [-0.39, 0.29) is 12.6 Å². The molecule has 5 nitrogen and oxygen atoms in total. The minimum absolute atomic E-state index is 0.179. The molecular weight excluding hydrogens is 340 g/mol. The van der Waals surface area contributed by atoms with Crippen molar-refractivity contribution >= 4 is 0 Å². The second-order valence-corrected chi connectivity index (χ2v) is 7.04. The van der Waals surface area contributed by atoms with E-state index in [0.717, 1.165) is 50.5 Å². The van der Waals surface area contributed by atoms with E-state index < -0.39 is 0 Å². The highest BCUT2D eigenvalue weighted by Gasteiger charge is 2.27. The van der Waals surface area contributed by atoms with Crippen LogP contribution in [-0.4, -0.2) is 58.9 Å². The quantitative estimate of drug-likeness (QED) is 0.748. The molecule has 0 spiro atoms. The summed E-state index contributed by atoms with van der Waals surface area (Å²) in [5.41, 5.74) is 2.15. The number of aliphatic hydroxyl groups excluding tert-OH is 1. The van der Waals surface area contributed by atoms with Gasteiger partial charge in [0.15, 0.2) is 0 Å². The summed E-state index contributed by atoms with van der Waals surface area (Å²) in [5, 5.41) is 19.6. The average molecular weight is 370 g/mol. The third-order valence-electron chi connectivity index (χ3n) is 5.18. The first-order valence-corrected chi connectivity index (χ1v) is 9.76. The van der Waals surface area contributed by atoms with Gasteiger partial charge in [-0.15, -0.1) is 0 Å². The number of ether oxygens (including phenoxy) is 1. The zero-order valence-corrected chi connectivity index (χ0v) is 16.1. The Morgan fingerprint density at radius 2 is 1.74 bits per heavy atom. The van der Waals surface area contributed by atoms with Gasteiger partial charge in [0.2, 0.25) is 0 Å². The summed E-state index contributed by atoms with van der Waals surface area (Å²) in [6, 6.07) is 16.0. The molecule has 5 heteroatoms. The van der Waals surface area contributed by atoms with Crippen molar-refractivity contribution in [1.82, 2.24) is 9.80 Å². The number of benzene rings is 2. The van der Waals surface area contributed by atoms with Gasteiger partial charge >= 0.3 is 0 Å². The predicted octanol–water partition coefficient (Wildman–Crippen LogP) is 2.86. The molecule has 27 heavy (non-hydrogen) atoms. The fourth-order valence-corrected chi connectivity index (χ4v) is 3.77. The zero-order valence-electron chi connectivity index (χ0n) is 16.1. The molecule has 146 valence electrons. The Labute approximate surface area is 161 Å². The van der Waals surface area contributed by atoms with Gasteiger partial charge in [0.25, 0.3) is 0 Å². The maximum absolute atomic E-state index is 10.0. The molecule has 1 atom stereocenters. The van der Waals surface area contributed by atoms with Crippen LogP contribution in [0.4, 0.5) is 0 Å². The molecule has 0 saturated carbocycles. The lowest BCUT2D eigenvalue weighted by Gasteiger charge is -2.41. The van der Waals surface area contributed by atoms with Crippen LogP contribution in [0.25, 0.3) is 0 Å². The van der Waals surface area contributed by atoms with Crippen molar-refractivity contribution < 1.29 is 14.9 Å². The third-order valence-corrected chi connectivity index (χ3v) is 5.18. The smallest absolute Gasteiger partial charge is 0.123 e. The molecule has 1 fully saturated rings. The number of piperazine rings is 1. The number of aromatic hydroxyl groups is 1. The number of phenols is 1. The number of nitrogens with zero attached hydrogens (tertiary/aromatic N) is 2. The zero-order chi connectivity index (χ0) is 19.1. The Balaban J connectivity index is 1.67. The van der Waals surface area contributed by atoms with Crippen LogP contribution >= 0.6 is 0 Å². The number of rotatable bonds is 8. The molecule has 2 aromatic rings. The Kier molecular flexibility index (Phi) is 7.10. The molecule has 1 saturated heterocycles. The molecule has 1 aliphatic rings. The van der Waals surface area contributed by atoms with E-state index >= 15 is 0 Å². The lowest BCUT2D eigenvalue weighted by Crippen LogP contribution is -2.52. The Morgan fingerprint density at radius 1 is 1.00 bits per heavy atom. The van der Waals surface area contributed by atoms with Gasteiger partial charge in [-0.05, 0) is 25.5 Å². The van der Waals surface area contributed by atoms with Gasteiger partial charge in [-0.3, -0.25) is 9.80 Å². The van der Waals surface area contributed by atoms with Crippen LogP contribution in [0.2, 0.25) is 0 Å². The van der Waals surface area contributed by atoms with Crippen LogP contribution in [0.1, 0.15) is 24.5 Å². The highest BCUT2D eigenvalue weighted by molar-refractivity contribution is 5.33. The van der Waals surface area contributed by atoms with Crippen molar-refractivity contribution in [2.45, 2.75) is 32.5 Å². The van der Waals surface area contributed by atoms with Crippen LogP contribution in [0, 0.1) is 0 Å². The lowest BCUT2D eigenvalue weighted by atomic mass is 10.1. The average Bonchev–Trinajstić information content (AvgIpc) is 2.67. The molecule has 0 bridgehead atoms. The van der Waals surface area contributed by atoms with Gasteiger partial charge in [-0.1, -0.05) is 36.4 Å². The molecule has 0 radical (unpaired) electrons. The number of para-hydroxylation sites is 2. The van der Waals surface area contributed by atoms with Crippen LogP contribution in [0.3, 0.4) is 0 Å². The summed E-state index contributed by atoms with van der Waals surface area (Å²) in [6.45, 7) is 7.15. The monoisotopic (exact) mass is 370 g/mol. The van der Waals surface area contributed by atoms with E-state index in [1.165, 1.54) is 5.56 Å². The highest BCUT2D eigenvalue weighted by Crippen LogP contribution is 2.25. The van der Waals surface area contributed by atoms with Crippen LogP contribution in [-0.2, 0) is 13.1 Å². The molecule has 0 amide bonds. The fraction of sp³-hybridized carbons (Fsp3) is 0.455. The lowest BCUT2D eigenvalue weighted by molar-refractivity contribution is 0.0491. The largest absolute Gasteiger partial charge is 0.508 e. The van der Waals surface area contributed by atoms with Gasteiger partial charge < -0.3 is 14.9 Å². The third kappa shape index (κ3) is 5.22. The van der Waals surface area contributed by atoms with E-state index in [1.807, 2.05) is 43.3 Å². The topological polar surface area (TPSA) is 56.2 Å². The number of aliphatic hydroxyl groups is 1. The standard InChI is InChI=1S/C22H30N2O3/c1-2-27-22-10-6-4-8-19(22)16-24-13-12-23(17-20(24)11-14-25)15-18-7-3-5-9-21(18)26/h3-10,20,25-26H,2,11-17H2,1H3. The van der Waals surface area contributed by atoms with Crippen molar-refractivity contribution in [2.24, 2.45) is 0 Å². The molecule has 1 unspecified atom stereocenters. The van der Waals surface area contributed by atoms with E-state index in [2.05, 4.69) is 15.9 Å². The van der Waals surface area contributed by atoms with Crippen molar-refractivity contribution in [3.05, 3.63) is 59.7 Å². The van der Waals surface area contributed by atoms with Crippen LogP contribution in [0.5, 0.6) is 11.5 Å². The summed E-state index contributed by atoms with van der Waals surface area (Å²) >= 11 is 0. The summed E-state index contributed by atoms with van der Waals surface area (Å²) < 4.78 is 5.77. The van der Waals surface area contributed by atoms with Crippen LogP contribution in [0.15, 0.2) is 48.5 Å². The maximum atomic E-state index is 10.0. The Hall–Kier alpha value is -2.08. The van der Waals surface area contributed by atoms with Gasteiger partial charge in [-0.2, -0.15) is 0 Å². The van der Waals surface area contributed by atoms with E-state index in [0.29, 0.717) is 12.4 Å². The molecule has 2 aromatic carbocycles. The summed E-state index contributed by atoms with van der Waals surface area (Å²) in [4.78, 5) is 4.80. The Morgan fingerprint density at radius 3 is 2.48 bits per heavy atom. The summed E-state index contributed by atoms with van der Waals surface area (Å²) in [7, 11) is 0. The second kappa shape index (κ2) is 9.74. The van der Waals surface area contributed by atoms with E-state index in [1.54, 1.807) is 6.07 Å². The summed E-state index contributed by atoms with van der Waals surface area (Å²) in [5.74, 6) is 1.30. The molecule has 2 N–H and O–H groups in total. The van der Waals surface area contributed by atoms with Gasteiger partial charge in [0.1, 0.15) is 11.5 Å². The predicted molar refractivity (Wildman–Crippen MR) is 107 cm³/mol. The van der Waals surface area contributed by atoms with Gasteiger partial charge in [0, 0.05) is 56.5 Å². The van der Waals surface area contributed by atoms with E-state index in [9.17, 15) is 10.2 Å². The molecule has 0 aromatic heterocycles. The Bertz CT molecular complexity index is 722. The fourth-order valence-electron chi connectivity index (χ4n) is 3.77. The summed E-state index contributed by atoms with van der Waals surface area (Å²) in [6.07, 6.45) is 0.744. The van der Waals surface area contributed by atoms with Crippen molar-refractivity contribution in [3.8, 4) is 11.5 Å². The highest BCUT2D eigenvalue weighted by atomic mass is 16.5. The number of phenolic OH excluding ortho intramolecular Hbond substituents is 1. The first kappa shape index (κ1) is 19.7. The SMILES string of the molecule is CCOc1ccccc1CN1CCN(Cc2ccccc2O)CC1CCO. The minimum atomic E-state index is 0.179. The number of hydrogen-bond donors (Lipinski definition) is 2. The first-order valence-electron chi connectivity index (χ1n) is 9.76. The molecule has 1 aliphatic heterocycles. The molecule has 1 heterocycles. The van der Waals surface area contributed by atoms with Gasteiger partial charge in [-0.25, -0.2) is 0 Å². The van der Waals surface area contributed by atoms with E-state index in [4.69, 9.17) is 4.74 Å². The van der Waals surface area contributed by atoms with Crippen molar-refractivity contribution in [1.29, 1.82) is 0 Å². The van der Waals surface area contributed by atoms with Crippen molar-refractivity contribution in [2.75, 3.05) is 32.8 Å². The second-order valence-electron chi connectivity index (χ2n) is 7.04. The molecule has 3 rings (SSSR count). The maximum Gasteiger partial charge on any atom is 0.123 e. The normalized spacial score (nSPS) is 18.5. The number of hydrogen-bond acceptors (Lipinski definition) is 5. The minimum Gasteiger partial charge on any atom is -0.508 e. The van der Waals surface area contributed by atoms with Crippen LogP contribution < -0.4 is 4.74 Å².